The van der Waals surface area contributed by atoms with Gasteiger partial charge in [-0.25, -0.2) is 9.97 Å². The molecule has 0 spiro atoms. The molecule has 0 bridgehead atoms. The third-order valence-corrected chi connectivity index (χ3v) is 8.20. The van der Waals surface area contributed by atoms with Gasteiger partial charge >= 0.3 is 0 Å². The molecule has 202 valence electrons. The molecule has 0 aliphatic heterocycles. The summed E-state index contributed by atoms with van der Waals surface area (Å²) in [5, 5.41) is 1.15. The maximum atomic E-state index is 4.91. The lowest BCUT2D eigenvalue weighted by Gasteiger charge is -2.25. The van der Waals surface area contributed by atoms with E-state index < -0.39 is 0 Å². The monoisotopic (exact) mass is 540 g/mol. The summed E-state index contributed by atoms with van der Waals surface area (Å²) in [7, 11) is 0. The first-order valence-corrected chi connectivity index (χ1v) is 14.7. The summed E-state index contributed by atoms with van der Waals surface area (Å²) in [6.07, 6.45) is 24.1. The van der Waals surface area contributed by atoms with E-state index in [-0.39, 0.29) is 0 Å². The number of rotatable bonds is 6. The van der Waals surface area contributed by atoms with Gasteiger partial charge in [0.25, 0.3) is 0 Å². The van der Waals surface area contributed by atoms with Crippen LogP contribution in [0.2, 0.25) is 0 Å². The first kappa shape index (κ1) is 25.9. The second-order valence-corrected chi connectivity index (χ2v) is 11.1. The molecule has 3 aromatic carbocycles. The van der Waals surface area contributed by atoms with Gasteiger partial charge in [0, 0.05) is 5.39 Å². The average molecular weight is 541 g/mol. The zero-order valence-corrected chi connectivity index (χ0v) is 23.5. The largest absolute Gasteiger partial charge is 0.249 e. The molecule has 2 heteroatoms. The molecule has 2 aliphatic carbocycles. The van der Waals surface area contributed by atoms with E-state index in [2.05, 4.69) is 152 Å². The van der Waals surface area contributed by atoms with Crippen molar-refractivity contribution in [2.75, 3.05) is 0 Å². The quantitative estimate of drug-likeness (QED) is 0.214. The summed E-state index contributed by atoms with van der Waals surface area (Å²) in [6.45, 7) is 0. The van der Waals surface area contributed by atoms with Crippen molar-refractivity contribution in [3.05, 3.63) is 161 Å². The van der Waals surface area contributed by atoms with Crippen LogP contribution in [0.1, 0.15) is 40.2 Å². The van der Waals surface area contributed by atoms with Gasteiger partial charge < -0.3 is 0 Å². The number of hydrogen-bond donors (Lipinski definition) is 0. The minimum atomic E-state index is 0.555. The summed E-state index contributed by atoms with van der Waals surface area (Å²) in [4.78, 5) is 9.76. The van der Waals surface area contributed by atoms with Crippen LogP contribution >= 0.6 is 0 Å². The van der Waals surface area contributed by atoms with Gasteiger partial charge in [-0.1, -0.05) is 115 Å². The fourth-order valence-corrected chi connectivity index (χ4v) is 5.80. The topological polar surface area (TPSA) is 25.8 Å². The Labute approximate surface area is 247 Å². The molecule has 7 rings (SSSR count). The predicted molar refractivity (Wildman–Crippen MR) is 178 cm³/mol. The standard InChI is InChI=1S/C40H32N2/c1-3-7-31(8-4-1)33-19-25-39-35(27-33)17-23-37(41-39)21-15-29-11-13-30(14-12-29)16-22-38-24-18-36-28-34(20-26-40(36)42-38)32-9-5-2-6-10-32/h1-9,11-27,32,34H,10,28H2/b21-15+,22-16+. The highest BCUT2D eigenvalue weighted by molar-refractivity contribution is 5.86. The van der Waals surface area contributed by atoms with E-state index in [1.807, 2.05) is 6.07 Å². The van der Waals surface area contributed by atoms with Crippen LogP contribution in [0.3, 0.4) is 0 Å². The Morgan fingerprint density at radius 2 is 1.36 bits per heavy atom. The maximum absolute atomic E-state index is 4.91. The van der Waals surface area contributed by atoms with Gasteiger partial charge in [0.15, 0.2) is 0 Å². The lowest BCUT2D eigenvalue weighted by molar-refractivity contribution is 0.470. The van der Waals surface area contributed by atoms with Crippen LogP contribution in [0.5, 0.6) is 0 Å². The second-order valence-electron chi connectivity index (χ2n) is 11.1. The van der Waals surface area contributed by atoms with E-state index in [9.17, 15) is 0 Å². The number of allylic oxidation sites excluding steroid dienone is 5. The van der Waals surface area contributed by atoms with Gasteiger partial charge in [-0.05, 0) is 95.0 Å². The van der Waals surface area contributed by atoms with Crippen molar-refractivity contribution in [2.24, 2.45) is 11.8 Å². The molecule has 0 amide bonds. The van der Waals surface area contributed by atoms with E-state index in [4.69, 9.17) is 9.97 Å². The number of nitrogens with zero attached hydrogens (tertiary/aromatic N) is 2. The van der Waals surface area contributed by atoms with Crippen molar-refractivity contribution < 1.29 is 0 Å². The van der Waals surface area contributed by atoms with Crippen molar-refractivity contribution in [3.63, 3.8) is 0 Å². The Morgan fingerprint density at radius 1 is 0.595 bits per heavy atom. The molecule has 2 heterocycles. The SMILES string of the molecule is C1=CCC(C2C=Cc3nc(/C=C/c4ccc(/C=C/c5ccc6cc(-c7ccccc7)ccc6n5)cc4)ccc3C2)C=C1. The van der Waals surface area contributed by atoms with Crippen LogP contribution in [0.15, 0.2) is 127 Å². The normalized spacial score (nSPS) is 17.8. The first-order valence-electron chi connectivity index (χ1n) is 14.7. The van der Waals surface area contributed by atoms with Crippen molar-refractivity contribution in [1.29, 1.82) is 0 Å². The lowest BCUT2D eigenvalue weighted by Crippen LogP contribution is -2.17. The third kappa shape index (κ3) is 5.84. The maximum Gasteiger partial charge on any atom is 0.0709 e. The predicted octanol–water partition coefficient (Wildman–Crippen LogP) is 9.96. The molecule has 2 aromatic heterocycles. The van der Waals surface area contributed by atoms with Gasteiger partial charge in [0.05, 0.1) is 22.6 Å². The van der Waals surface area contributed by atoms with Crippen molar-refractivity contribution in [1.82, 2.24) is 9.97 Å². The summed E-state index contributed by atoms with van der Waals surface area (Å²) >= 11 is 0. The molecule has 2 aliphatic rings. The van der Waals surface area contributed by atoms with Gasteiger partial charge in [0.2, 0.25) is 0 Å². The van der Waals surface area contributed by atoms with Gasteiger partial charge in [-0.15, -0.1) is 0 Å². The fourth-order valence-electron chi connectivity index (χ4n) is 5.80. The molecular weight excluding hydrogens is 508 g/mol. The smallest absolute Gasteiger partial charge is 0.0709 e. The minimum absolute atomic E-state index is 0.555. The van der Waals surface area contributed by atoms with Crippen LogP contribution < -0.4 is 0 Å². The Hall–Kier alpha value is -5.08. The summed E-state index contributed by atoms with van der Waals surface area (Å²) < 4.78 is 0. The number of pyridine rings is 2. The number of hydrogen-bond acceptors (Lipinski definition) is 2. The third-order valence-electron chi connectivity index (χ3n) is 8.20. The van der Waals surface area contributed by atoms with Crippen molar-refractivity contribution in [2.45, 2.75) is 12.8 Å². The molecular formula is C40H32N2. The minimum Gasteiger partial charge on any atom is -0.249 e. The van der Waals surface area contributed by atoms with Crippen molar-refractivity contribution >= 4 is 41.3 Å². The van der Waals surface area contributed by atoms with Gasteiger partial charge in [-0.3, -0.25) is 0 Å². The number of aromatic nitrogens is 2. The molecule has 2 atom stereocenters. The van der Waals surface area contributed by atoms with E-state index in [1.165, 1.54) is 16.7 Å². The molecule has 2 unspecified atom stereocenters. The highest BCUT2D eigenvalue weighted by Crippen LogP contribution is 2.31. The van der Waals surface area contributed by atoms with Crippen LogP contribution in [-0.2, 0) is 6.42 Å². The first-order chi connectivity index (χ1) is 20.8. The van der Waals surface area contributed by atoms with Crippen molar-refractivity contribution in [3.8, 4) is 11.1 Å². The molecule has 2 nitrogen and oxygen atoms in total. The highest BCUT2D eigenvalue weighted by atomic mass is 14.7. The van der Waals surface area contributed by atoms with Crippen LogP contribution in [0.25, 0.3) is 52.4 Å². The Bertz CT molecular complexity index is 1870. The molecule has 5 aromatic rings. The van der Waals surface area contributed by atoms with Crippen LogP contribution in [-0.4, -0.2) is 9.97 Å². The summed E-state index contributed by atoms with van der Waals surface area (Å²) in [5.41, 5.74) is 10.1. The Morgan fingerprint density at radius 3 is 2.12 bits per heavy atom. The van der Waals surface area contributed by atoms with Gasteiger partial charge in [0.1, 0.15) is 0 Å². The molecule has 0 N–H and O–H groups in total. The lowest BCUT2D eigenvalue weighted by atomic mass is 9.80. The zero-order chi connectivity index (χ0) is 28.1. The summed E-state index contributed by atoms with van der Waals surface area (Å²) in [6, 6.07) is 34.1. The molecule has 0 fully saturated rings. The highest BCUT2D eigenvalue weighted by Gasteiger charge is 2.21. The van der Waals surface area contributed by atoms with E-state index in [0.29, 0.717) is 11.8 Å². The fraction of sp³-hybridized carbons (Fsp3) is 0.100. The Balaban J connectivity index is 0.993. The number of benzene rings is 3. The summed E-state index contributed by atoms with van der Waals surface area (Å²) in [5.74, 6) is 1.15. The molecule has 0 saturated heterocycles. The molecule has 42 heavy (non-hydrogen) atoms. The van der Waals surface area contributed by atoms with Crippen LogP contribution in [0, 0.1) is 11.8 Å². The number of fused-ring (bicyclic) bond motifs is 2. The average Bonchev–Trinajstić information content (AvgIpc) is 3.07. The van der Waals surface area contributed by atoms with Crippen LogP contribution in [0.4, 0.5) is 0 Å². The van der Waals surface area contributed by atoms with Gasteiger partial charge in [-0.2, -0.15) is 0 Å². The van der Waals surface area contributed by atoms with E-state index >= 15 is 0 Å². The Kier molecular flexibility index (Phi) is 7.27. The van der Waals surface area contributed by atoms with E-state index in [1.54, 1.807) is 0 Å². The molecule has 0 radical (unpaired) electrons. The molecule has 0 saturated carbocycles. The second kappa shape index (κ2) is 11.8. The zero-order valence-electron chi connectivity index (χ0n) is 23.5. The van der Waals surface area contributed by atoms with E-state index in [0.717, 1.165) is 52.0 Å².